The number of Topliss-reactive ketones (excluding diaryl/α,β-unsaturated/α-hetero) is 1. The number of aromatic nitrogens is 4. The first-order valence-electron chi connectivity index (χ1n) is 18.0. The van der Waals surface area contributed by atoms with E-state index in [9.17, 15) is 19.5 Å². The van der Waals surface area contributed by atoms with Gasteiger partial charge in [0.25, 0.3) is 0 Å². The van der Waals surface area contributed by atoms with Crippen molar-refractivity contribution >= 4 is 114 Å². The number of aliphatic hydroxyl groups excluding tert-OH is 1. The van der Waals surface area contributed by atoms with Gasteiger partial charge < -0.3 is 23.7 Å². The van der Waals surface area contributed by atoms with E-state index >= 15 is 0 Å². The Morgan fingerprint density at radius 2 is 1.17 bits per heavy atom. The van der Waals surface area contributed by atoms with Crippen LogP contribution < -0.4 is 13.3 Å². The van der Waals surface area contributed by atoms with Crippen molar-refractivity contribution in [2.24, 2.45) is 11.8 Å². The molecular weight excluding hydrogens is 1240 g/mol. The van der Waals surface area contributed by atoms with Crippen molar-refractivity contribution in [3.05, 3.63) is 59.2 Å². The van der Waals surface area contributed by atoms with E-state index in [2.05, 4.69) is 107 Å². The minimum absolute atomic E-state index is 0.163. The van der Waals surface area contributed by atoms with E-state index in [4.69, 9.17) is 9.47 Å². The molecule has 294 valence electrons. The Bertz CT molecular complexity index is 1800. The monoisotopic (exact) mass is 1290 g/mol. The molecule has 1 N–H and O–H groups in total. The van der Waals surface area contributed by atoms with Crippen LogP contribution in [0, 0.1) is 25.7 Å². The van der Waals surface area contributed by atoms with Gasteiger partial charge in [-0.15, -0.1) is 0 Å². The molecule has 0 aromatic carbocycles. The number of aliphatic hydroxyl groups is 1. The predicted octanol–water partition coefficient (Wildman–Crippen LogP) is 8.02. The van der Waals surface area contributed by atoms with Gasteiger partial charge in [-0.25, -0.2) is 19.6 Å². The molecule has 2 atom stereocenters. The van der Waals surface area contributed by atoms with Crippen molar-refractivity contribution in [1.29, 1.82) is 0 Å². The molecule has 15 heteroatoms. The second kappa shape index (κ2) is 23.7. The zero-order valence-electron chi connectivity index (χ0n) is 31.1. The average molecular weight is 1290 g/mol. The van der Waals surface area contributed by atoms with E-state index < -0.39 is 0 Å². The van der Waals surface area contributed by atoms with Crippen molar-refractivity contribution in [2.45, 2.75) is 111 Å². The van der Waals surface area contributed by atoms with Gasteiger partial charge in [0.1, 0.15) is 17.1 Å². The third kappa shape index (κ3) is 11.8. The Kier molecular flexibility index (Phi) is 21.0. The molecule has 2 fully saturated rings. The number of esters is 2. The zero-order valence-corrected chi connectivity index (χ0v) is 41.9. The summed E-state index contributed by atoms with van der Waals surface area (Å²) in [7, 11) is 0. The molecule has 4 heterocycles. The van der Waals surface area contributed by atoms with Crippen LogP contribution in [0.25, 0.3) is 22.1 Å². The Morgan fingerprint density at radius 1 is 0.792 bits per heavy atom. The van der Waals surface area contributed by atoms with Gasteiger partial charge in [-0.1, -0.05) is 0 Å². The molecule has 2 saturated carbocycles. The van der Waals surface area contributed by atoms with E-state index in [1.807, 2.05) is 52.0 Å². The molecule has 2 aliphatic rings. The van der Waals surface area contributed by atoms with Gasteiger partial charge in [0.2, 0.25) is 0 Å². The first-order chi connectivity index (χ1) is 25.5. The van der Waals surface area contributed by atoms with Crippen LogP contribution in [0.4, 0.5) is 0 Å². The van der Waals surface area contributed by atoms with Crippen molar-refractivity contribution in [1.82, 2.24) is 19.1 Å². The van der Waals surface area contributed by atoms with Crippen molar-refractivity contribution < 1.29 is 42.2 Å². The molecule has 6 rings (SSSR count). The van der Waals surface area contributed by atoms with Gasteiger partial charge in [-0.05, 0) is 116 Å². The normalized spacial score (nSPS) is 18.5. The molecule has 10 nitrogen and oxygen atoms in total. The first-order valence-corrected chi connectivity index (χ1v) is 36.8. The summed E-state index contributed by atoms with van der Waals surface area (Å²) in [5.74, 6) is 0.697. The first kappa shape index (κ1) is 47.0. The molecular formula is C38H50I5N4O6-. The van der Waals surface area contributed by atoms with Crippen molar-refractivity contribution in [3.63, 3.8) is 0 Å². The summed E-state index contributed by atoms with van der Waals surface area (Å²) >= 11 is 9.54. The van der Waals surface area contributed by atoms with E-state index in [0.29, 0.717) is 68.1 Å². The Labute approximate surface area is 366 Å². The summed E-state index contributed by atoms with van der Waals surface area (Å²) in [5.41, 5.74) is 4.72. The molecule has 4 aromatic heterocycles. The average Bonchev–Trinajstić information content (AvgIpc) is 3.63. The molecule has 0 bridgehead atoms. The number of nitrogens with zero attached hydrogens (tertiary/aromatic N) is 4. The molecule has 0 radical (unpaired) electrons. The summed E-state index contributed by atoms with van der Waals surface area (Å²) < 4.78 is 14.8. The molecule has 0 aliphatic heterocycles. The fourth-order valence-electron chi connectivity index (χ4n) is 7.89. The Morgan fingerprint density at radius 3 is 1.55 bits per heavy atom. The molecule has 0 unspecified atom stereocenters. The fraction of sp³-hybridized carbons (Fsp3) is 0.553. The summed E-state index contributed by atoms with van der Waals surface area (Å²) in [4.78, 5) is 45.5. The number of ether oxygens (including phenoxy) is 2. The van der Waals surface area contributed by atoms with Crippen LogP contribution in [0.1, 0.15) is 123 Å². The molecule has 0 saturated heterocycles. The summed E-state index contributed by atoms with van der Waals surface area (Å²) in [5, 5.41) is 11.5. The van der Waals surface area contributed by atoms with Crippen molar-refractivity contribution in [3.8, 4) is 0 Å². The summed E-state index contributed by atoms with van der Waals surface area (Å²) in [6.07, 6.45) is 10.2. The summed E-state index contributed by atoms with van der Waals surface area (Å²) in [6.45, 7) is 12.6. The third-order valence-electron chi connectivity index (χ3n) is 10.5. The van der Waals surface area contributed by atoms with Gasteiger partial charge in [0, 0.05) is 96.7 Å². The van der Waals surface area contributed by atoms with Crippen LogP contribution in [0.3, 0.4) is 0 Å². The topological polar surface area (TPSA) is 126 Å². The van der Waals surface area contributed by atoms with E-state index in [1.54, 1.807) is 12.4 Å². The van der Waals surface area contributed by atoms with Crippen LogP contribution in [0.15, 0.2) is 36.7 Å². The van der Waals surface area contributed by atoms with Gasteiger partial charge in [0.05, 0.1) is 30.4 Å². The summed E-state index contributed by atoms with van der Waals surface area (Å²) in [6, 6.07) is 8.00. The Hall–Kier alpha value is -0.400. The molecule has 0 amide bonds. The maximum absolute atomic E-state index is 12.4. The SMILES string of the molecule is CCOC(=O)c1c(C)n([C@H](C)C2CCC(=O)CC2)c2ncccc12.CCOC(=O)c1c(C)n([C@H](C)C2CCC(O)CC2)c2ncccc12.II.I[I-]I. The number of fused-ring (bicyclic) bond motifs is 2. The number of carbonyl (C=O) groups is 3. The molecule has 53 heavy (non-hydrogen) atoms. The molecule has 0 spiro atoms. The van der Waals surface area contributed by atoms with Crippen LogP contribution >= 0.6 is 74.5 Å². The van der Waals surface area contributed by atoms with Crippen LogP contribution in [-0.2, 0) is 14.3 Å². The fourth-order valence-corrected chi connectivity index (χ4v) is 7.89. The van der Waals surface area contributed by atoms with E-state index in [0.717, 1.165) is 72.0 Å². The minimum atomic E-state index is -0.294. The van der Waals surface area contributed by atoms with Gasteiger partial charge in [-0.3, -0.25) is 4.79 Å². The maximum atomic E-state index is 12.4. The van der Waals surface area contributed by atoms with Gasteiger partial charge >= 0.3 is 62.4 Å². The predicted molar refractivity (Wildman–Crippen MR) is 241 cm³/mol. The molecule has 2 aliphatic carbocycles. The molecule has 4 aromatic rings. The number of halogens is 5. The second-order valence-electron chi connectivity index (χ2n) is 13.3. The quantitative estimate of drug-likeness (QED) is 0.139. The van der Waals surface area contributed by atoms with Crippen LogP contribution in [0.5, 0.6) is 0 Å². The van der Waals surface area contributed by atoms with Crippen molar-refractivity contribution in [2.75, 3.05) is 13.2 Å². The standard InChI is InChI=1S/C19H26N2O3.C19H24N2O3.I3.I2/c2*1-4-24-19(23)17-13(3)21(18-16(17)6-5-11-20-18)12(2)14-7-9-15(22)10-8-14;1-3-2;1-2/h5-6,11-12,14-15,22H,4,7-10H2,1-3H3;5-6,11-12,14H,4,7-10H2,1-3H3;;/q;;-1;/t12-,14?,15?;12-;;/m11../s1. The number of hydrogen-bond acceptors (Lipinski definition) is 8. The number of hydrogen-bond donors (Lipinski definition) is 1. The number of carbonyl (C=O) groups excluding carboxylic acids is 3. The van der Waals surface area contributed by atoms with Crippen LogP contribution in [-0.4, -0.2) is 61.2 Å². The number of ketones is 1. The second-order valence-corrected chi connectivity index (χ2v) is 29.6. The number of rotatable bonds is 8. The van der Waals surface area contributed by atoms with Gasteiger partial charge in [0.15, 0.2) is 0 Å². The zero-order chi connectivity index (χ0) is 39.2. The Balaban J connectivity index is 0.000000255. The van der Waals surface area contributed by atoms with Gasteiger partial charge in [-0.2, -0.15) is 0 Å². The van der Waals surface area contributed by atoms with E-state index in [1.165, 1.54) is 0 Å². The third-order valence-corrected chi connectivity index (χ3v) is 10.5. The van der Waals surface area contributed by atoms with Crippen LogP contribution in [0.2, 0.25) is 0 Å². The van der Waals surface area contributed by atoms with E-state index in [-0.39, 0.29) is 30.1 Å². The number of pyridine rings is 2.